The van der Waals surface area contributed by atoms with E-state index >= 15 is 0 Å². The lowest BCUT2D eigenvalue weighted by atomic mass is 10.2. The molecule has 1 aromatic heterocycles. The monoisotopic (exact) mass is 305 g/mol. The van der Waals surface area contributed by atoms with Crippen molar-refractivity contribution in [1.29, 1.82) is 0 Å². The molecule has 0 radical (unpaired) electrons. The highest BCUT2D eigenvalue weighted by Crippen LogP contribution is 2.18. The average molecular weight is 305 g/mol. The lowest BCUT2D eigenvalue weighted by Crippen LogP contribution is -2.43. The van der Waals surface area contributed by atoms with E-state index in [1.807, 2.05) is 0 Å². The molecule has 0 aromatic carbocycles. The number of urea groups is 1. The minimum absolute atomic E-state index is 0.00656. The number of amides is 4. The van der Waals surface area contributed by atoms with Crippen molar-refractivity contribution in [3.8, 4) is 0 Å². The van der Waals surface area contributed by atoms with Gasteiger partial charge in [-0.05, 0) is 12.5 Å². The fourth-order valence-corrected chi connectivity index (χ4v) is 2.72. The molecule has 2 aliphatic heterocycles. The van der Waals surface area contributed by atoms with Gasteiger partial charge in [0.15, 0.2) is 0 Å². The molecule has 9 heteroatoms. The lowest BCUT2D eigenvalue weighted by molar-refractivity contribution is -0.132. The zero-order chi connectivity index (χ0) is 15.7. The maximum Gasteiger partial charge on any atom is 0.324 e. The highest BCUT2D eigenvalue weighted by molar-refractivity contribution is 6.02. The van der Waals surface area contributed by atoms with E-state index in [-0.39, 0.29) is 36.5 Å². The van der Waals surface area contributed by atoms with E-state index in [0.717, 1.165) is 4.68 Å². The predicted molar refractivity (Wildman–Crippen MR) is 73.7 cm³/mol. The summed E-state index contributed by atoms with van der Waals surface area (Å²) in [6.07, 6.45) is 1.98. The number of imide groups is 1. The third-order valence-corrected chi connectivity index (χ3v) is 3.83. The smallest absolute Gasteiger partial charge is 0.324 e. The van der Waals surface area contributed by atoms with E-state index in [9.17, 15) is 19.2 Å². The second kappa shape index (κ2) is 5.58. The van der Waals surface area contributed by atoms with Crippen molar-refractivity contribution in [2.45, 2.75) is 19.0 Å². The molecule has 2 fully saturated rings. The van der Waals surface area contributed by atoms with Crippen LogP contribution in [-0.4, -0.2) is 63.1 Å². The topological polar surface area (TPSA) is 105 Å². The number of carbonyl (C=O) groups excluding carboxylic acids is 3. The van der Waals surface area contributed by atoms with Crippen molar-refractivity contribution in [3.05, 3.63) is 28.7 Å². The molecule has 116 valence electrons. The SMILES string of the molecule is O=C(Cn1ncccc1=O)N1CCC(N2C(=O)CNC2=O)C1. The Kier molecular flexibility index (Phi) is 3.61. The van der Waals surface area contributed by atoms with E-state index in [1.54, 1.807) is 4.90 Å². The zero-order valence-corrected chi connectivity index (χ0v) is 11.8. The molecule has 1 aromatic rings. The molecule has 9 nitrogen and oxygen atoms in total. The highest BCUT2D eigenvalue weighted by atomic mass is 16.2. The van der Waals surface area contributed by atoms with E-state index in [1.165, 1.54) is 23.2 Å². The first kappa shape index (κ1) is 14.2. The number of rotatable bonds is 3. The number of nitrogens with zero attached hydrogens (tertiary/aromatic N) is 4. The summed E-state index contributed by atoms with van der Waals surface area (Å²) in [5.41, 5.74) is -0.347. The molecule has 0 aliphatic carbocycles. The minimum atomic E-state index is -0.412. The summed E-state index contributed by atoms with van der Waals surface area (Å²) in [6.45, 7) is 0.598. The molecule has 0 spiro atoms. The van der Waals surface area contributed by atoms with Crippen molar-refractivity contribution in [3.63, 3.8) is 0 Å². The second-order valence-corrected chi connectivity index (χ2v) is 5.22. The van der Waals surface area contributed by atoms with Crippen LogP contribution in [0.5, 0.6) is 0 Å². The normalized spacial score (nSPS) is 21.4. The molecular formula is C13H15N5O4. The molecule has 1 N–H and O–H groups in total. The third-order valence-electron chi connectivity index (χ3n) is 3.83. The Morgan fingerprint density at radius 1 is 1.36 bits per heavy atom. The molecule has 1 unspecified atom stereocenters. The Morgan fingerprint density at radius 3 is 2.86 bits per heavy atom. The van der Waals surface area contributed by atoms with Gasteiger partial charge < -0.3 is 10.2 Å². The van der Waals surface area contributed by atoms with E-state index in [0.29, 0.717) is 19.5 Å². The maximum atomic E-state index is 12.2. The number of likely N-dealkylation sites (tertiary alicyclic amines) is 1. The molecule has 2 saturated heterocycles. The van der Waals surface area contributed by atoms with Gasteiger partial charge in [-0.2, -0.15) is 5.10 Å². The van der Waals surface area contributed by atoms with Gasteiger partial charge in [-0.25, -0.2) is 9.48 Å². The van der Waals surface area contributed by atoms with Gasteiger partial charge in [0, 0.05) is 25.4 Å². The molecule has 0 saturated carbocycles. The fraction of sp³-hybridized carbons (Fsp3) is 0.462. The van der Waals surface area contributed by atoms with Gasteiger partial charge in [0.2, 0.25) is 11.8 Å². The Labute approximate surface area is 125 Å². The molecule has 4 amide bonds. The van der Waals surface area contributed by atoms with Crippen LogP contribution in [0.4, 0.5) is 4.79 Å². The van der Waals surface area contributed by atoms with Crippen molar-refractivity contribution in [2.75, 3.05) is 19.6 Å². The zero-order valence-electron chi connectivity index (χ0n) is 11.8. The van der Waals surface area contributed by atoms with Gasteiger partial charge in [0.25, 0.3) is 5.56 Å². The summed E-state index contributed by atoms with van der Waals surface area (Å²) in [5, 5.41) is 6.30. The first-order chi connectivity index (χ1) is 10.6. The third kappa shape index (κ3) is 2.57. The van der Waals surface area contributed by atoms with Crippen LogP contribution in [0, 0.1) is 0 Å². The van der Waals surface area contributed by atoms with Crippen molar-refractivity contribution in [1.82, 2.24) is 24.9 Å². The number of hydrogen-bond acceptors (Lipinski definition) is 5. The van der Waals surface area contributed by atoms with Gasteiger partial charge in [-0.1, -0.05) is 0 Å². The standard InChI is InChI=1S/C13H15N5O4/c19-10-2-1-4-15-17(10)8-12(21)16-5-3-9(7-16)18-11(20)6-14-13(18)22/h1-2,4,9H,3,5-8H2,(H,14,22). The van der Waals surface area contributed by atoms with Gasteiger partial charge in [0.1, 0.15) is 6.54 Å². The molecule has 22 heavy (non-hydrogen) atoms. The summed E-state index contributed by atoms with van der Waals surface area (Å²) >= 11 is 0. The molecule has 1 atom stereocenters. The Bertz CT molecular complexity index is 669. The Balaban J connectivity index is 1.64. The number of nitrogens with one attached hydrogen (secondary N) is 1. The van der Waals surface area contributed by atoms with Gasteiger partial charge in [0.05, 0.1) is 12.6 Å². The first-order valence-corrected chi connectivity index (χ1v) is 6.96. The highest BCUT2D eigenvalue weighted by Gasteiger charge is 2.39. The van der Waals surface area contributed by atoms with Crippen LogP contribution in [0.25, 0.3) is 0 Å². The van der Waals surface area contributed by atoms with Crippen LogP contribution >= 0.6 is 0 Å². The van der Waals surface area contributed by atoms with E-state index < -0.39 is 6.03 Å². The van der Waals surface area contributed by atoms with E-state index in [4.69, 9.17) is 0 Å². The second-order valence-electron chi connectivity index (χ2n) is 5.22. The fourth-order valence-electron chi connectivity index (χ4n) is 2.72. The van der Waals surface area contributed by atoms with Crippen LogP contribution in [0.15, 0.2) is 23.1 Å². The molecule has 0 bridgehead atoms. The maximum absolute atomic E-state index is 12.2. The minimum Gasteiger partial charge on any atom is -0.339 e. The largest absolute Gasteiger partial charge is 0.339 e. The van der Waals surface area contributed by atoms with Crippen LogP contribution in [0.1, 0.15) is 6.42 Å². The predicted octanol–water partition coefficient (Wildman–Crippen LogP) is -1.60. The van der Waals surface area contributed by atoms with Gasteiger partial charge >= 0.3 is 6.03 Å². The summed E-state index contributed by atoms with van der Waals surface area (Å²) < 4.78 is 1.09. The number of aromatic nitrogens is 2. The van der Waals surface area contributed by atoms with E-state index in [2.05, 4.69) is 10.4 Å². The molecule has 3 rings (SSSR count). The summed E-state index contributed by atoms with van der Waals surface area (Å²) in [6, 6.07) is 2.12. The van der Waals surface area contributed by atoms with Gasteiger partial charge in [-0.3, -0.25) is 19.3 Å². The van der Waals surface area contributed by atoms with Crippen LogP contribution in [0.3, 0.4) is 0 Å². The van der Waals surface area contributed by atoms with Crippen LogP contribution in [-0.2, 0) is 16.1 Å². The summed E-state index contributed by atoms with van der Waals surface area (Å²) in [4.78, 5) is 49.8. The van der Waals surface area contributed by atoms with Gasteiger partial charge in [-0.15, -0.1) is 0 Å². The quantitative estimate of drug-likeness (QED) is 0.677. The molecule has 3 heterocycles. The average Bonchev–Trinajstić information content (AvgIpc) is 3.08. The van der Waals surface area contributed by atoms with Crippen molar-refractivity contribution in [2.24, 2.45) is 0 Å². The summed E-state index contributed by atoms with van der Waals surface area (Å²) in [5.74, 6) is -0.527. The van der Waals surface area contributed by atoms with Crippen LogP contribution in [0.2, 0.25) is 0 Å². The lowest BCUT2D eigenvalue weighted by Gasteiger charge is -2.21. The molecule has 2 aliphatic rings. The summed E-state index contributed by atoms with van der Waals surface area (Å²) in [7, 11) is 0. The Morgan fingerprint density at radius 2 is 2.18 bits per heavy atom. The first-order valence-electron chi connectivity index (χ1n) is 6.96. The van der Waals surface area contributed by atoms with Crippen LogP contribution < -0.4 is 10.9 Å². The number of carbonyl (C=O) groups is 3. The van der Waals surface area contributed by atoms with Crippen molar-refractivity contribution >= 4 is 17.8 Å². The molecular weight excluding hydrogens is 290 g/mol. The van der Waals surface area contributed by atoms with Crippen molar-refractivity contribution < 1.29 is 14.4 Å². The Hall–Kier alpha value is -2.71. The number of hydrogen-bond donors (Lipinski definition) is 1.